The molecule has 0 aliphatic rings. The molecule has 0 aliphatic carbocycles. The lowest BCUT2D eigenvalue weighted by molar-refractivity contribution is 0.0992. The van der Waals surface area contributed by atoms with Crippen LogP contribution in [0.3, 0.4) is 0 Å². The number of aromatic nitrogens is 2. The molecule has 18 heavy (non-hydrogen) atoms. The molecule has 0 fully saturated rings. The van der Waals surface area contributed by atoms with E-state index in [0.29, 0.717) is 5.56 Å². The van der Waals surface area contributed by atoms with Crippen molar-refractivity contribution in [3.63, 3.8) is 0 Å². The molecule has 1 aromatic heterocycles. The summed E-state index contributed by atoms with van der Waals surface area (Å²) in [6.07, 6.45) is 3.59. The first-order chi connectivity index (χ1) is 8.60. The largest absolute Gasteiger partial charge is 0.494 e. The fourth-order valence-electron chi connectivity index (χ4n) is 1.69. The van der Waals surface area contributed by atoms with E-state index in [9.17, 15) is 9.18 Å². The average Bonchev–Trinajstić information content (AvgIpc) is 2.74. The fraction of sp³-hybridized carbons (Fsp3) is 0.231. The number of hydrogen-bond acceptors (Lipinski definition) is 3. The Hall–Kier alpha value is -2.17. The first-order valence-corrected chi connectivity index (χ1v) is 5.44. The van der Waals surface area contributed by atoms with Crippen LogP contribution in [-0.4, -0.2) is 22.7 Å². The quantitative estimate of drug-likeness (QED) is 0.777. The van der Waals surface area contributed by atoms with Crippen molar-refractivity contribution in [2.75, 3.05) is 7.11 Å². The molecule has 0 saturated heterocycles. The van der Waals surface area contributed by atoms with Crippen molar-refractivity contribution >= 4 is 5.78 Å². The maximum atomic E-state index is 13.5. The lowest BCUT2D eigenvalue weighted by Crippen LogP contribution is -2.04. The molecule has 0 unspecified atom stereocenters. The highest BCUT2D eigenvalue weighted by atomic mass is 19.1. The number of Topliss-reactive ketones (excluding diaryl/α,β-unsaturated/α-hetero) is 1. The average molecular weight is 248 g/mol. The number of carbonyl (C=O) groups is 1. The van der Waals surface area contributed by atoms with Gasteiger partial charge in [0, 0.05) is 25.2 Å². The van der Waals surface area contributed by atoms with Crippen LogP contribution >= 0.6 is 0 Å². The van der Waals surface area contributed by atoms with Crippen LogP contribution < -0.4 is 4.74 Å². The number of hydrogen-bond donors (Lipinski definition) is 0. The molecule has 0 bridgehead atoms. The van der Waals surface area contributed by atoms with Crippen molar-refractivity contribution in [3.05, 3.63) is 47.5 Å². The number of methoxy groups -OCH3 is 1. The van der Waals surface area contributed by atoms with E-state index >= 15 is 0 Å². The Kier molecular flexibility index (Phi) is 3.41. The summed E-state index contributed by atoms with van der Waals surface area (Å²) in [6.45, 7) is 0. The lowest BCUT2D eigenvalue weighted by atomic mass is 10.1. The number of carbonyl (C=O) groups excluding carboxylic acids is 1. The molecule has 0 amide bonds. The summed E-state index contributed by atoms with van der Waals surface area (Å²) in [6, 6.07) is 4.20. The van der Waals surface area contributed by atoms with Crippen LogP contribution in [0.4, 0.5) is 4.39 Å². The SMILES string of the molecule is COc1ccc(C(=O)Cc2cnn(C)c2)cc1F. The summed E-state index contributed by atoms with van der Waals surface area (Å²) in [5.74, 6) is -0.549. The molecule has 0 N–H and O–H groups in total. The number of nitrogens with zero attached hydrogens (tertiary/aromatic N) is 2. The predicted octanol–water partition coefficient (Wildman–Crippen LogP) is 1.99. The molecular weight excluding hydrogens is 235 g/mol. The summed E-state index contributed by atoms with van der Waals surface area (Å²) >= 11 is 0. The Morgan fingerprint density at radius 2 is 2.28 bits per heavy atom. The maximum Gasteiger partial charge on any atom is 0.167 e. The first-order valence-electron chi connectivity index (χ1n) is 5.44. The Morgan fingerprint density at radius 3 is 2.83 bits per heavy atom. The Morgan fingerprint density at radius 1 is 1.50 bits per heavy atom. The molecule has 0 aliphatic heterocycles. The number of benzene rings is 1. The van der Waals surface area contributed by atoms with Gasteiger partial charge < -0.3 is 4.74 Å². The summed E-state index contributed by atoms with van der Waals surface area (Å²) in [5, 5.41) is 3.98. The molecular formula is C13H13FN2O2. The molecule has 5 heteroatoms. The maximum absolute atomic E-state index is 13.5. The van der Waals surface area contributed by atoms with Crippen LogP contribution in [0.2, 0.25) is 0 Å². The van der Waals surface area contributed by atoms with Gasteiger partial charge in [-0.1, -0.05) is 0 Å². The minimum absolute atomic E-state index is 0.132. The van der Waals surface area contributed by atoms with Gasteiger partial charge in [-0.3, -0.25) is 9.48 Å². The topological polar surface area (TPSA) is 44.1 Å². The number of ether oxygens (including phenoxy) is 1. The van der Waals surface area contributed by atoms with Gasteiger partial charge in [0.05, 0.1) is 13.3 Å². The van der Waals surface area contributed by atoms with Gasteiger partial charge in [0.2, 0.25) is 0 Å². The van der Waals surface area contributed by atoms with Gasteiger partial charge in [-0.25, -0.2) is 4.39 Å². The third-order valence-corrected chi connectivity index (χ3v) is 2.60. The van der Waals surface area contributed by atoms with E-state index in [1.54, 1.807) is 30.2 Å². The van der Waals surface area contributed by atoms with E-state index in [1.807, 2.05) is 0 Å². The van der Waals surface area contributed by atoms with Gasteiger partial charge in [-0.15, -0.1) is 0 Å². The van der Waals surface area contributed by atoms with Gasteiger partial charge in [0.15, 0.2) is 17.3 Å². The van der Waals surface area contributed by atoms with Gasteiger partial charge in [0.1, 0.15) is 0 Å². The molecule has 0 saturated carbocycles. The van der Waals surface area contributed by atoms with E-state index in [-0.39, 0.29) is 18.0 Å². The van der Waals surface area contributed by atoms with Crippen molar-refractivity contribution in [2.24, 2.45) is 7.05 Å². The molecule has 4 nitrogen and oxygen atoms in total. The Balaban J connectivity index is 2.16. The van der Waals surface area contributed by atoms with Crippen LogP contribution in [-0.2, 0) is 13.5 Å². The molecule has 94 valence electrons. The molecule has 0 atom stereocenters. The number of rotatable bonds is 4. The van der Waals surface area contributed by atoms with Gasteiger partial charge in [0.25, 0.3) is 0 Å². The summed E-state index contributed by atoms with van der Waals surface area (Å²) in [4.78, 5) is 11.9. The van der Waals surface area contributed by atoms with E-state index in [0.717, 1.165) is 5.56 Å². The van der Waals surface area contributed by atoms with Crippen molar-refractivity contribution in [2.45, 2.75) is 6.42 Å². The van der Waals surface area contributed by atoms with E-state index in [2.05, 4.69) is 5.10 Å². The van der Waals surface area contributed by atoms with Crippen LogP contribution in [0.25, 0.3) is 0 Å². The van der Waals surface area contributed by atoms with Crippen molar-refractivity contribution in [3.8, 4) is 5.75 Å². The van der Waals surface area contributed by atoms with Crippen LogP contribution in [0.5, 0.6) is 5.75 Å². The standard InChI is InChI=1S/C13H13FN2O2/c1-16-8-9(7-15-16)5-12(17)10-3-4-13(18-2)11(14)6-10/h3-4,6-8H,5H2,1-2H3. The highest BCUT2D eigenvalue weighted by Gasteiger charge is 2.11. The van der Waals surface area contributed by atoms with Gasteiger partial charge in [-0.2, -0.15) is 5.10 Å². The number of aryl methyl sites for hydroxylation is 1. The summed E-state index contributed by atoms with van der Waals surface area (Å²) in [7, 11) is 3.16. The molecule has 2 rings (SSSR count). The highest BCUT2D eigenvalue weighted by molar-refractivity contribution is 5.97. The zero-order chi connectivity index (χ0) is 13.1. The van der Waals surface area contributed by atoms with Crippen molar-refractivity contribution in [1.29, 1.82) is 0 Å². The third-order valence-electron chi connectivity index (χ3n) is 2.60. The number of halogens is 1. The first kappa shape index (κ1) is 12.3. The van der Waals surface area contributed by atoms with Crippen LogP contribution in [0.15, 0.2) is 30.6 Å². The monoisotopic (exact) mass is 248 g/mol. The zero-order valence-corrected chi connectivity index (χ0v) is 10.2. The number of ketones is 1. The second-order valence-corrected chi connectivity index (χ2v) is 3.97. The smallest absolute Gasteiger partial charge is 0.167 e. The fourth-order valence-corrected chi connectivity index (χ4v) is 1.69. The normalized spacial score (nSPS) is 10.4. The molecule has 1 heterocycles. The second kappa shape index (κ2) is 5.00. The molecule has 0 spiro atoms. The van der Waals surface area contributed by atoms with E-state index in [1.165, 1.54) is 19.2 Å². The molecule has 1 aromatic carbocycles. The minimum Gasteiger partial charge on any atom is -0.494 e. The molecule has 0 radical (unpaired) electrons. The highest BCUT2D eigenvalue weighted by Crippen LogP contribution is 2.18. The van der Waals surface area contributed by atoms with E-state index in [4.69, 9.17) is 4.74 Å². The van der Waals surface area contributed by atoms with Crippen molar-refractivity contribution < 1.29 is 13.9 Å². The minimum atomic E-state index is -0.533. The molecule has 2 aromatic rings. The summed E-state index contributed by atoms with van der Waals surface area (Å²) in [5.41, 5.74) is 1.14. The Labute approximate surface area is 104 Å². The predicted molar refractivity (Wildman–Crippen MR) is 64.2 cm³/mol. The van der Waals surface area contributed by atoms with Crippen LogP contribution in [0.1, 0.15) is 15.9 Å². The van der Waals surface area contributed by atoms with E-state index < -0.39 is 5.82 Å². The Bertz CT molecular complexity index is 578. The van der Waals surface area contributed by atoms with Crippen molar-refractivity contribution in [1.82, 2.24) is 9.78 Å². The lowest BCUT2D eigenvalue weighted by Gasteiger charge is -2.04. The third kappa shape index (κ3) is 2.56. The summed E-state index contributed by atoms with van der Waals surface area (Å²) < 4.78 is 19.9. The van der Waals surface area contributed by atoms with Gasteiger partial charge in [-0.05, 0) is 23.8 Å². The second-order valence-electron chi connectivity index (χ2n) is 3.97. The zero-order valence-electron chi connectivity index (χ0n) is 10.2. The van der Waals surface area contributed by atoms with Gasteiger partial charge >= 0.3 is 0 Å². The van der Waals surface area contributed by atoms with Crippen LogP contribution in [0, 0.1) is 5.82 Å².